The summed E-state index contributed by atoms with van der Waals surface area (Å²) in [7, 11) is 0. The number of ether oxygens (including phenoxy) is 1. The lowest BCUT2D eigenvalue weighted by atomic mass is 9.94. The lowest BCUT2D eigenvalue weighted by Crippen LogP contribution is -2.35. The van der Waals surface area contributed by atoms with Crippen LogP contribution in [0, 0.1) is 6.92 Å². The van der Waals surface area contributed by atoms with Gasteiger partial charge in [-0.15, -0.1) is 0 Å². The van der Waals surface area contributed by atoms with Crippen LogP contribution in [-0.2, 0) is 18.4 Å². The lowest BCUT2D eigenvalue weighted by Gasteiger charge is -2.33. The Kier molecular flexibility index (Phi) is 3.05. The second-order valence-corrected chi connectivity index (χ2v) is 7.68. The molecule has 1 aromatic carbocycles. The Morgan fingerprint density at radius 3 is 2.81 bits per heavy atom. The fraction of sp³-hybridized carbons (Fsp3) is 0.400. The van der Waals surface area contributed by atoms with E-state index >= 15 is 0 Å². The second-order valence-electron chi connectivity index (χ2n) is 7.68. The van der Waals surface area contributed by atoms with Crippen molar-refractivity contribution >= 4 is 5.78 Å². The van der Waals surface area contributed by atoms with Gasteiger partial charge in [-0.25, -0.2) is 9.97 Å². The minimum absolute atomic E-state index is 0.0921. The van der Waals surface area contributed by atoms with Gasteiger partial charge in [0.25, 0.3) is 11.3 Å². The summed E-state index contributed by atoms with van der Waals surface area (Å²) in [5, 5.41) is 4.65. The average molecular weight is 348 g/mol. The summed E-state index contributed by atoms with van der Waals surface area (Å²) in [5.41, 5.74) is 4.34. The van der Waals surface area contributed by atoms with E-state index in [1.165, 1.54) is 4.52 Å². The standard InChI is InChI=1S/C20H20N4O2/c1-11-8-9-13-15(10-11)26-20(2,3)17-16(13)22-19-21-14-7-5-4-6-12(14)18(25)24(19)23-17/h8-10H,4-7H2,1-3H3. The Hall–Kier alpha value is -2.76. The van der Waals surface area contributed by atoms with Gasteiger partial charge in [0.1, 0.15) is 22.7 Å². The Bertz CT molecular complexity index is 1130. The van der Waals surface area contributed by atoms with Crippen LogP contribution in [0.4, 0.5) is 0 Å². The third-order valence-electron chi connectivity index (χ3n) is 5.28. The molecule has 3 heterocycles. The van der Waals surface area contributed by atoms with Crippen LogP contribution in [0.3, 0.4) is 0 Å². The van der Waals surface area contributed by atoms with E-state index in [-0.39, 0.29) is 5.56 Å². The first-order valence-electron chi connectivity index (χ1n) is 9.07. The molecule has 0 N–H and O–H groups in total. The van der Waals surface area contributed by atoms with Crippen molar-refractivity contribution in [2.24, 2.45) is 0 Å². The Morgan fingerprint density at radius 2 is 1.96 bits per heavy atom. The molecule has 0 fully saturated rings. The van der Waals surface area contributed by atoms with Gasteiger partial charge >= 0.3 is 0 Å². The number of fused-ring (bicyclic) bond motifs is 5. The van der Waals surface area contributed by atoms with Crippen molar-refractivity contribution in [1.29, 1.82) is 0 Å². The predicted molar refractivity (Wildman–Crippen MR) is 97.5 cm³/mol. The van der Waals surface area contributed by atoms with E-state index in [2.05, 4.69) is 10.1 Å². The van der Waals surface area contributed by atoms with Gasteiger partial charge in [0, 0.05) is 11.1 Å². The molecule has 0 saturated heterocycles. The molecule has 3 aromatic rings. The van der Waals surface area contributed by atoms with Crippen LogP contribution in [0.1, 0.15) is 49.2 Å². The monoisotopic (exact) mass is 348 g/mol. The molecule has 0 radical (unpaired) electrons. The van der Waals surface area contributed by atoms with Crippen LogP contribution < -0.4 is 10.3 Å². The smallest absolute Gasteiger partial charge is 0.279 e. The van der Waals surface area contributed by atoms with Crippen molar-refractivity contribution in [3.8, 4) is 17.0 Å². The zero-order chi connectivity index (χ0) is 18.1. The summed E-state index contributed by atoms with van der Waals surface area (Å²) in [6, 6.07) is 6.04. The second kappa shape index (κ2) is 5.13. The molecule has 6 nitrogen and oxygen atoms in total. The van der Waals surface area contributed by atoms with E-state index in [0.717, 1.165) is 59.5 Å². The summed E-state index contributed by atoms with van der Waals surface area (Å²) in [5.74, 6) is 1.17. The van der Waals surface area contributed by atoms with Crippen molar-refractivity contribution < 1.29 is 4.74 Å². The fourth-order valence-corrected chi connectivity index (χ4v) is 3.92. The van der Waals surface area contributed by atoms with Crippen molar-refractivity contribution in [1.82, 2.24) is 19.6 Å². The van der Waals surface area contributed by atoms with E-state index < -0.39 is 5.60 Å². The minimum Gasteiger partial charge on any atom is -0.481 e. The van der Waals surface area contributed by atoms with Gasteiger partial charge in [-0.1, -0.05) is 6.07 Å². The molecule has 2 aromatic heterocycles. The quantitative estimate of drug-likeness (QED) is 0.625. The third-order valence-corrected chi connectivity index (χ3v) is 5.28. The maximum absolute atomic E-state index is 12.9. The highest BCUT2D eigenvalue weighted by molar-refractivity contribution is 5.73. The number of rotatable bonds is 0. The lowest BCUT2D eigenvalue weighted by molar-refractivity contribution is 0.0982. The molecule has 26 heavy (non-hydrogen) atoms. The molecular weight excluding hydrogens is 328 g/mol. The largest absolute Gasteiger partial charge is 0.481 e. The first kappa shape index (κ1) is 15.5. The highest BCUT2D eigenvalue weighted by Crippen LogP contribution is 2.43. The van der Waals surface area contributed by atoms with Crippen LogP contribution in [0.15, 0.2) is 23.0 Å². The molecule has 1 aliphatic carbocycles. The highest BCUT2D eigenvalue weighted by atomic mass is 16.5. The summed E-state index contributed by atoms with van der Waals surface area (Å²) < 4.78 is 7.54. The summed E-state index contributed by atoms with van der Waals surface area (Å²) >= 11 is 0. The molecular formula is C20H20N4O2. The van der Waals surface area contributed by atoms with E-state index in [1.54, 1.807) is 0 Å². The van der Waals surface area contributed by atoms with E-state index in [0.29, 0.717) is 11.5 Å². The predicted octanol–water partition coefficient (Wildman–Crippen LogP) is 2.97. The Labute approximate surface area is 150 Å². The molecule has 0 spiro atoms. The number of aryl methyl sites for hydroxylation is 2. The van der Waals surface area contributed by atoms with Gasteiger partial charge in [-0.2, -0.15) is 9.61 Å². The van der Waals surface area contributed by atoms with Crippen molar-refractivity contribution in [3.05, 3.63) is 51.1 Å². The van der Waals surface area contributed by atoms with Gasteiger partial charge in [0.05, 0.1) is 5.69 Å². The zero-order valence-corrected chi connectivity index (χ0v) is 15.2. The molecule has 2 aliphatic rings. The first-order valence-corrected chi connectivity index (χ1v) is 9.07. The van der Waals surface area contributed by atoms with E-state index in [4.69, 9.17) is 9.72 Å². The molecule has 0 saturated carbocycles. The molecule has 0 bridgehead atoms. The summed E-state index contributed by atoms with van der Waals surface area (Å²) in [6.07, 6.45) is 3.70. The zero-order valence-electron chi connectivity index (χ0n) is 15.2. The molecule has 1 aliphatic heterocycles. The molecule has 0 unspecified atom stereocenters. The third kappa shape index (κ3) is 2.11. The van der Waals surface area contributed by atoms with Crippen LogP contribution in [-0.4, -0.2) is 19.6 Å². The van der Waals surface area contributed by atoms with Crippen LogP contribution >= 0.6 is 0 Å². The maximum Gasteiger partial charge on any atom is 0.279 e. The number of nitrogens with zero attached hydrogens (tertiary/aromatic N) is 4. The summed E-state index contributed by atoms with van der Waals surface area (Å²) in [4.78, 5) is 22.4. The average Bonchev–Trinajstić information content (AvgIpc) is 2.60. The van der Waals surface area contributed by atoms with Gasteiger partial charge < -0.3 is 4.74 Å². The Morgan fingerprint density at radius 1 is 1.15 bits per heavy atom. The van der Waals surface area contributed by atoms with Gasteiger partial charge in [0.15, 0.2) is 0 Å². The van der Waals surface area contributed by atoms with Crippen molar-refractivity contribution in [2.45, 2.75) is 52.1 Å². The Balaban J connectivity index is 1.86. The van der Waals surface area contributed by atoms with E-state index in [9.17, 15) is 4.79 Å². The van der Waals surface area contributed by atoms with E-state index in [1.807, 2.05) is 39.0 Å². The number of hydrogen-bond acceptors (Lipinski definition) is 5. The topological polar surface area (TPSA) is 69.4 Å². The molecule has 5 rings (SSSR count). The molecule has 132 valence electrons. The van der Waals surface area contributed by atoms with Crippen LogP contribution in [0.5, 0.6) is 5.75 Å². The van der Waals surface area contributed by atoms with Crippen molar-refractivity contribution in [3.63, 3.8) is 0 Å². The van der Waals surface area contributed by atoms with Crippen LogP contribution in [0.2, 0.25) is 0 Å². The minimum atomic E-state index is -0.674. The molecule has 0 amide bonds. The molecule has 0 atom stereocenters. The number of aromatic nitrogens is 4. The number of hydrogen-bond donors (Lipinski definition) is 0. The maximum atomic E-state index is 12.9. The van der Waals surface area contributed by atoms with Gasteiger partial charge in [-0.3, -0.25) is 4.79 Å². The van der Waals surface area contributed by atoms with Crippen molar-refractivity contribution in [2.75, 3.05) is 0 Å². The number of benzene rings is 1. The van der Waals surface area contributed by atoms with Gasteiger partial charge in [-0.05, 0) is 64.2 Å². The van der Waals surface area contributed by atoms with Gasteiger partial charge in [0.2, 0.25) is 0 Å². The summed E-state index contributed by atoms with van der Waals surface area (Å²) in [6.45, 7) is 5.94. The fourth-order valence-electron chi connectivity index (χ4n) is 3.92. The normalized spacial score (nSPS) is 17.2. The molecule has 6 heteroatoms. The van der Waals surface area contributed by atoms with Crippen LogP contribution in [0.25, 0.3) is 17.0 Å². The highest BCUT2D eigenvalue weighted by Gasteiger charge is 2.36. The SMILES string of the molecule is Cc1ccc2c(c1)OC(C)(C)c1nn3c(=O)c4c(nc3nc1-2)CCCC4. The first-order chi connectivity index (χ1) is 12.4.